The van der Waals surface area contributed by atoms with Gasteiger partial charge in [0.05, 0.1) is 0 Å². The molecular formula is C11H22N2O. The van der Waals surface area contributed by atoms with E-state index < -0.39 is 0 Å². The number of likely N-dealkylation sites (tertiary alicyclic amines) is 1. The van der Waals surface area contributed by atoms with Gasteiger partial charge in [-0.2, -0.15) is 0 Å². The normalized spacial score (nSPS) is 20.9. The van der Waals surface area contributed by atoms with Crippen LogP contribution in [0.15, 0.2) is 0 Å². The van der Waals surface area contributed by atoms with Crippen LogP contribution in [0, 0.1) is 11.8 Å². The molecule has 82 valence electrons. The van der Waals surface area contributed by atoms with Crippen molar-refractivity contribution in [3.05, 3.63) is 0 Å². The minimum Gasteiger partial charge on any atom is -0.343 e. The second kappa shape index (κ2) is 5.35. The van der Waals surface area contributed by atoms with Gasteiger partial charge in [0.2, 0.25) is 5.91 Å². The van der Waals surface area contributed by atoms with Crippen LogP contribution in [0.1, 0.15) is 33.1 Å². The van der Waals surface area contributed by atoms with Crippen molar-refractivity contribution in [3.63, 3.8) is 0 Å². The summed E-state index contributed by atoms with van der Waals surface area (Å²) in [7, 11) is 0. The summed E-state index contributed by atoms with van der Waals surface area (Å²) in [5, 5.41) is 0. The average molecular weight is 198 g/mol. The van der Waals surface area contributed by atoms with Gasteiger partial charge in [-0.1, -0.05) is 13.8 Å². The van der Waals surface area contributed by atoms with Crippen LogP contribution in [0.25, 0.3) is 0 Å². The number of piperidine rings is 1. The highest BCUT2D eigenvalue weighted by molar-refractivity contribution is 5.76. The van der Waals surface area contributed by atoms with Gasteiger partial charge in [-0.3, -0.25) is 4.79 Å². The molecule has 0 aromatic heterocycles. The van der Waals surface area contributed by atoms with Gasteiger partial charge in [-0.05, 0) is 31.2 Å². The maximum Gasteiger partial charge on any atom is 0.222 e. The van der Waals surface area contributed by atoms with Crippen LogP contribution in [-0.2, 0) is 4.79 Å². The Morgan fingerprint density at radius 1 is 1.50 bits per heavy atom. The lowest BCUT2D eigenvalue weighted by Gasteiger charge is -2.31. The molecule has 1 heterocycles. The summed E-state index contributed by atoms with van der Waals surface area (Å²) in [5.41, 5.74) is 5.50. The molecule has 1 aliphatic heterocycles. The smallest absolute Gasteiger partial charge is 0.222 e. The maximum atomic E-state index is 11.7. The van der Waals surface area contributed by atoms with Crippen LogP contribution in [0.2, 0.25) is 0 Å². The molecular weight excluding hydrogens is 176 g/mol. The molecule has 3 heteroatoms. The van der Waals surface area contributed by atoms with E-state index in [-0.39, 0.29) is 5.91 Å². The van der Waals surface area contributed by atoms with Crippen molar-refractivity contribution < 1.29 is 4.79 Å². The summed E-state index contributed by atoms with van der Waals surface area (Å²) in [6.45, 7) is 6.78. The Labute approximate surface area is 86.6 Å². The van der Waals surface area contributed by atoms with Crippen molar-refractivity contribution in [2.75, 3.05) is 19.6 Å². The Morgan fingerprint density at radius 3 is 2.57 bits per heavy atom. The Morgan fingerprint density at radius 2 is 2.07 bits per heavy atom. The third-order valence-electron chi connectivity index (χ3n) is 3.06. The molecule has 2 N–H and O–H groups in total. The van der Waals surface area contributed by atoms with Crippen LogP contribution in [0.5, 0.6) is 0 Å². The number of carbonyl (C=O) groups excluding carboxylic acids is 1. The van der Waals surface area contributed by atoms with Crippen molar-refractivity contribution in [1.29, 1.82) is 0 Å². The Bertz CT molecular complexity index is 186. The lowest BCUT2D eigenvalue weighted by atomic mass is 9.98. The van der Waals surface area contributed by atoms with Crippen LogP contribution >= 0.6 is 0 Å². The molecule has 0 aliphatic carbocycles. The lowest BCUT2D eigenvalue weighted by molar-refractivity contribution is -0.133. The molecule has 14 heavy (non-hydrogen) atoms. The van der Waals surface area contributed by atoms with Gasteiger partial charge in [-0.15, -0.1) is 0 Å². The molecule has 1 aliphatic rings. The summed E-state index contributed by atoms with van der Waals surface area (Å²) in [6, 6.07) is 0. The third-order valence-corrected chi connectivity index (χ3v) is 3.06. The van der Waals surface area contributed by atoms with Crippen molar-refractivity contribution in [3.8, 4) is 0 Å². The highest BCUT2D eigenvalue weighted by atomic mass is 16.2. The van der Waals surface area contributed by atoms with E-state index in [1.807, 2.05) is 11.8 Å². The van der Waals surface area contributed by atoms with Gasteiger partial charge in [0.25, 0.3) is 0 Å². The van der Waals surface area contributed by atoms with Crippen molar-refractivity contribution in [1.82, 2.24) is 4.90 Å². The number of amides is 1. The first-order valence-corrected chi connectivity index (χ1v) is 5.61. The molecule has 0 radical (unpaired) electrons. The number of hydrogen-bond donors (Lipinski definition) is 1. The monoisotopic (exact) mass is 198 g/mol. The quantitative estimate of drug-likeness (QED) is 0.741. The zero-order valence-electron chi connectivity index (χ0n) is 9.33. The second-order valence-corrected chi connectivity index (χ2v) is 4.61. The van der Waals surface area contributed by atoms with E-state index in [4.69, 9.17) is 5.73 Å². The summed E-state index contributed by atoms with van der Waals surface area (Å²) in [4.78, 5) is 13.7. The largest absolute Gasteiger partial charge is 0.343 e. The molecule has 0 aromatic rings. The minimum atomic E-state index is 0.287. The second-order valence-electron chi connectivity index (χ2n) is 4.61. The molecule has 1 rings (SSSR count). The molecule has 0 saturated carbocycles. The first-order chi connectivity index (χ1) is 6.63. The predicted molar refractivity (Wildman–Crippen MR) is 57.8 cm³/mol. The Hall–Kier alpha value is -0.570. The lowest BCUT2D eigenvalue weighted by Crippen LogP contribution is -2.39. The fourth-order valence-corrected chi connectivity index (χ4v) is 1.77. The van der Waals surface area contributed by atoms with Gasteiger partial charge < -0.3 is 10.6 Å². The number of hydrogen-bond acceptors (Lipinski definition) is 2. The SMILES string of the molecule is CC1CCN(C(=O)CC(C)CN)CC1. The van der Waals surface area contributed by atoms with Crippen molar-refractivity contribution in [2.24, 2.45) is 17.6 Å². The molecule has 1 atom stereocenters. The summed E-state index contributed by atoms with van der Waals surface area (Å²) in [5.74, 6) is 1.39. The molecule has 1 saturated heterocycles. The molecule has 0 aromatic carbocycles. The molecule has 3 nitrogen and oxygen atoms in total. The number of rotatable bonds is 3. The van der Waals surface area contributed by atoms with Crippen LogP contribution in [0.4, 0.5) is 0 Å². The first-order valence-electron chi connectivity index (χ1n) is 5.61. The van der Waals surface area contributed by atoms with Crippen molar-refractivity contribution >= 4 is 5.91 Å². The van der Waals surface area contributed by atoms with Crippen LogP contribution < -0.4 is 5.73 Å². The van der Waals surface area contributed by atoms with E-state index >= 15 is 0 Å². The van der Waals surface area contributed by atoms with Crippen molar-refractivity contribution in [2.45, 2.75) is 33.1 Å². The molecule has 0 spiro atoms. The summed E-state index contributed by atoms with van der Waals surface area (Å²) >= 11 is 0. The summed E-state index contributed by atoms with van der Waals surface area (Å²) in [6.07, 6.45) is 2.93. The highest BCUT2D eigenvalue weighted by Crippen LogP contribution is 2.17. The fraction of sp³-hybridized carbons (Fsp3) is 0.909. The van der Waals surface area contributed by atoms with Gasteiger partial charge in [-0.25, -0.2) is 0 Å². The van der Waals surface area contributed by atoms with E-state index in [1.54, 1.807) is 0 Å². The number of nitrogens with zero attached hydrogens (tertiary/aromatic N) is 1. The van der Waals surface area contributed by atoms with Gasteiger partial charge in [0.15, 0.2) is 0 Å². The van der Waals surface area contributed by atoms with Crippen LogP contribution in [-0.4, -0.2) is 30.4 Å². The highest BCUT2D eigenvalue weighted by Gasteiger charge is 2.20. The summed E-state index contributed by atoms with van der Waals surface area (Å²) < 4.78 is 0. The van der Waals surface area contributed by atoms with E-state index in [2.05, 4.69) is 6.92 Å². The van der Waals surface area contributed by atoms with Gasteiger partial charge in [0.1, 0.15) is 0 Å². The number of nitrogens with two attached hydrogens (primary N) is 1. The average Bonchev–Trinajstić information content (AvgIpc) is 2.18. The predicted octanol–water partition coefficient (Wildman–Crippen LogP) is 1.23. The van der Waals surface area contributed by atoms with E-state index in [1.165, 1.54) is 0 Å². The van der Waals surface area contributed by atoms with Gasteiger partial charge in [0, 0.05) is 19.5 Å². The minimum absolute atomic E-state index is 0.287. The third kappa shape index (κ3) is 3.29. The molecule has 0 bridgehead atoms. The first kappa shape index (κ1) is 11.5. The van der Waals surface area contributed by atoms with E-state index in [0.29, 0.717) is 18.9 Å². The molecule has 1 amide bonds. The maximum absolute atomic E-state index is 11.7. The zero-order chi connectivity index (χ0) is 10.6. The Balaban J connectivity index is 2.30. The Kier molecular flexibility index (Phi) is 4.39. The molecule has 1 unspecified atom stereocenters. The number of carbonyl (C=O) groups is 1. The fourth-order valence-electron chi connectivity index (χ4n) is 1.77. The van der Waals surface area contributed by atoms with E-state index in [0.717, 1.165) is 31.8 Å². The molecule has 1 fully saturated rings. The van der Waals surface area contributed by atoms with E-state index in [9.17, 15) is 4.79 Å². The zero-order valence-corrected chi connectivity index (χ0v) is 9.33. The van der Waals surface area contributed by atoms with Gasteiger partial charge >= 0.3 is 0 Å². The topological polar surface area (TPSA) is 46.3 Å². The standard InChI is InChI=1S/C11H22N2O/c1-9-3-5-13(6-4-9)11(14)7-10(2)8-12/h9-10H,3-8,12H2,1-2H3. The van der Waals surface area contributed by atoms with Crippen LogP contribution in [0.3, 0.4) is 0 Å².